The molecule has 2 nitrogen and oxygen atoms in total. The Hall–Kier alpha value is -1.53. The zero-order valence-corrected chi connectivity index (χ0v) is 8.59. The quantitative estimate of drug-likeness (QED) is 0.769. The van der Waals surface area contributed by atoms with E-state index in [0.717, 1.165) is 0 Å². The van der Waals surface area contributed by atoms with Crippen molar-refractivity contribution in [2.75, 3.05) is 13.2 Å². The lowest BCUT2D eigenvalue weighted by Crippen LogP contribution is -1.94. The summed E-state index contributed by atoms with van der Waals surface area (Å²) in [6.07, 6.45) is 0.377. The van der Waals surface area contributed by atoms with Gasteiger partial charge < -0.3 is 9.84 Å². The Kier molecular flexibility index (Phi) is 4.65. The zero-order valence-electron chi connectivity index (χ0n) is 8.59. The molecule has 1 rings (SSSR count). The molecule has 0 bridgehead atoms. The van der Waals surface area contributed by atoms with Gasteiger partial charge in [0.05, 0.1) is 18.8 Å². The maximum Gasteiger partial charge on any atom is 0.135 e. The monoisotopic (exact) mass is 208 g/mol. The van der Waals surface area contributed by atoms with Crippen LogP contribution in [0.25, 0.3) is 0 Å². The van der Waals surface area contributed by atoms with Crippen LogP contribution < -0.4 is 4.74 Å². The van der Waals surface area contributed by atoms with Crippen LogP contribution in [0, 0.1) is 17.7 Å². The summed E-state index contributed by atoms with van der Waals surface area (Å²) in [5.74, 6) is 5.73. The third-order valence-electron chi connectivity index (χ3n) is 1.70. The molecule has 3 heteroatoms. The van der Waals surface area contributed by atoms with Crippen molar-refractivity contribution in [3.05, 3.63) is 29.6 Å². The van der Waals surface area contributed by atoms with Gasteiger partial charge in [0.15, 0.2) is 0 Å². The van der Waals surface area contributed by atoms with Crippen LogP contribution in [0.4, 0.5) is 4.39 Å². The molecule has 0 saturated heterocycles. The van der Waals surface area contributed by atoms with Crippen LogP contribution in [0.5, 0.6) is 5.75 Å². The fraction of sp³-hybridized carbons (Fsp3) is 0.333. The van der Waals surface area contributed by atoms with Crippen molar-refractivity contribution in [3.63, 3.8) is 0 Å². The van der Waals surface area contributed by atoms with E-state index in [0.29, 0.717) is 24.3 Å². The van der Waals surface area contributed by atoms with Gasteiger partial charge in [0.25, 0.3) is 0 Å². The fourth-order valence-corrected chi connectivity index (χ4v) is 1.09. The molecule has 0 heterocycles. The first-order chi connectivity index (χ1) is 7.27. The molecule has 0 fully saturated rings. The highest BCUT2D eigenvalue weighted by atomic mass is 19.1. The molecular formula is C12H13FO2. The largest absolute Gasteiger partial charge is 0.493 e. The van der Waals surface area contributed by atoms with Gasteiger partial charge >= 0.3 is 0 Å². The lowest BCUT2D eigenvalue weighted by molar-refractivity contribution is 0.305. The molecule has 1 N–H and O–H groups in total. The van der Waals surface area contributed by atoms with Crippen LogP contribution in [0.1, 0.15) is 18.9 Å². The maximum atomic E-state index is 12.9. The number of rotatable bonds is 3. The number of hydrogen-bond acceptors (Lipinski definition) is 2. The molecule has 0 amide bonds. The molecule has 1 aromatic carbocycles. The number of halogens is 1. The molecule has 0 aliphatic rings. The Morgan fingerprint density at radius 1 is 1.47 bits per heavy atom. The molecule has 0 unspecified atom stereocenters. The number of aliphatic hydroxyl groups is 1. The lowest BCUT2D eigenvalue weighted by Gasteiger charge is -2.05. The minimum Gasteiger partial charge on any atom is -0.493 e. The van der Waals surface area contributed by atoms with Gasteiger partial charge in [0.1, 0.15) is 11.6 Å². The summed E-state index contributed by atoms with van der Waals surface area (Å²) in [6.45, 7) is 2.38. The SMILES string of the molecule is CCOc1ccc(F)cc1C#CCCO. The predicted molar refractivity (Wildman–Crippen MR) is 56.1 cm³/mol. The van der Waals surface area contributed by atoms with Crippen molar-refractivity contribution in [3.8, 4) is 17.6 Å². The number of hydrogen-bond donors (Lipinski definition) is 1. The molecule has 15 heavy (non-hydrogen) atoms. The first-order valence-corrected chi connectivity index (χ1v) is 4.80. The highest BCUT2D eigenvalue weighted by molar-refractivity contribution is 5.46. The van der Waals surface area contributed by atoms with E-state index >= 15 is 0 Å². The average Bonchev–Trinajstić information content (AvgIpc) is 2.22. The Balaban J connectivity index is 2.92. The zero-order chi connectivity index (χ0) is 11.1. The van der Waals surface area contributed by atoms with Crippen molar-refractivity contribution in [2.24, 2.45) is 0 Å². The Labute approximate surface area is 88.7 Å². The Bertz CT molecular complexity index is 377. The van der Waals surface area contributed by atoms with Gasteiger partial charge in [-0.25, -0.2) is 4.39 Å². The van der Waals surface area contributed by atoms with E-state index in [4.69, 9.17) is 9.84 Å². The van der Waals surface area contributed by atoms with Crippen molar-refractivity contribution >= 4 is 0 Å². The average molecular weight is 208 g/mol. The van der Waals surface area contributed by atoms with Gasteiger partial charge in [0.2, 0.25) is 0 Å². The summed E-state index contributed by atoms with van der Waals surface area (Å²) in [5, 5.41) is 8.56. The lowest BCUT2D eigenvalue weighted by atomic mass is 10.2. The van der Waals surface area contributed by atoms with Crippen LogP contribution in [-0.2, 0) is 0 Å². The normalized spacial score (nSPS) is 9.27. The van der Waals surface area contributed by atoms with Gasteiger partial charge in [-0.05, 0) is 25.1 Å². The highest BCUT2D eigenvalue weighted by Crippen LogP contribution is 2.18. The van der Waals surface area contributed by atoms with Crippen LogP contribution in [-0.4, -0.2) is 18.3 Å². The summed E-state index contributed by atoms with van der Waals surface area (Å²) in [4.78, 5) is 0. The Morgan fingerprint density at radius 2 is 2.27 bits per heavy atom. The van der Waals surface area contributed by atoms with E-state index in [1.54, 1.807) is 6.07 Å². The number of ether oxygens (including phenoxy) is 1. The van der Waals surface area contributed by atoms with Crippen LogP contribution in [0.15, 0.2) is 18.2 Å². The molecule has 0 saturated carbocycles. The molecule has 0 aliphatic heterocycles. The van der Waals surface area contributed by atoms with E-state index < -0.39 is 0 Å². The molecule has 0 atom stereocenters. The van der Waals surface area contributed by atoms with Gasteiger partial charge in [-0.3, -0.25) is 0 Å². The second-order valence-electron chi connectivity index (χ2n) is 2.85. The molecule has 0 aliphatic carbocycles. The standard InChI is InChI=1S/C12H13FO2/c1-2-15-12-7-6-11(13)9-10(12)5-3-4-8-14/h6-7,9,14H,2,4,8H2,1H3. The third-order valence-corrected chi connectivity index (χ3v) is 1.70. The van der Waals surface area contributed by atoms with Crippen molar-refractivity contribution < 1.29 is 14.2 Å². The summed E-state index contributed by atoms with van der Waals surface area (Å²) in [6, 6.07) is 4.22. The summed E-state index contributed by atoms with van der Waals surface area (Å²) in [5.41, 5.74) is 0.519. The second-order valence-corrected chi connectivity index (χ2v) is 2.85. The van der Waals surface area contributed by atoms with E-state index in [9.17, 15) is 4.39 Å². The van der Waals surface area contributed by atoms with Crippen molar-refractivity contribution in [1.82, 2.24) is 0 Å². The maximum absolute atomic E-state index is 12.9. The molecule has 1 aromatic rings. The Morgan fingerprint density at radius 3 is 2.93 bits per heavy atom. The van der Waals surface area contributed by atoms with Crippen LogP contribution in [0.2, 0.25) is 0 Å². The summed E-state index contributed by atoms with van der Waals surface area (Å²) in [7, 11) is 0. The molecule has 80 valence electrons. The first-order valence-electron chi connectivity index (χ1n) is 4.80. The minimum atomic E-state index is -0.341. The van der Waals surface area contributed by atoms with E-state index in [-0.39, 0.29) is 12.4 Å². The third kappa shape index (κ3) is 3.61. The molecule has 0 spiro atoms. The fourth-order valence-electron chi connectivity index (χ4n) is 1.09. The molecule has 0 radical (unpaired) electrons. The first kappa shape index (κ1) is 11.5. The summed E-state index contributed by atoms with van der Waals surface area (Å²) < 4.78 is 18.2. The minimum absolute atomic E-state index is 0.00623. The van der Waals surface area contributed by atoms with Crippen molar-refractivity contribution in [2.45, 2.75) is 13.3 Å². The van der Waals surface area contributed by atoms with Gasteiger partial charge in [-0.1, -0.05) is 11.8 Å². The van der Waals surface area contributed by atoms with Crippen molar-refractivity contribution in [1.29, 1.82) is 0 Å². The number of benzene rings is 1. The smallest absolute Gasteiger partial charge is 0.135 e. The van der Waals surface area contributed by atoms with Gasteiger partial charge in [0, 0.05) is 6.42 Å². The topological polar surface area (TPSA) is 29.5 Å². The summed E-state index contributed by atoms with van der Waals surface area (Å²) >= 11 is 0. The predicted octanol–water partition coefficient (Wildman–Crippen LogP) is 1.96. The van der Waals surface area contributed by atoms with E-state index in [1.807, 2.05) is 6.92 Å². The number of aliphatic hydroxyl groups excluding tert-OH is 1. The van der Waals surface area contributed by atoms with E-state index in [2.05, 4.69) is 11.8 Å². The highest BCUT2D eigenvalue weighted by Gasteiger charge is 2.01. The van der Waals surface area contributed by atoms with Crippen LogP contribution in [0.3, 0.4) is 0 Å². The van der Waals surface area contributed by atoms with Gasteiger partial charge in [-0.15, -0.1) is 0 Å². The second kappa shape index (κ2) is 6.05. The van der Waals surface area contributed by atoms with Gasteiger partial charge in [-0.2, -0.15) is 0 Å². The molecular weight excluding hydrogens is 195 g/mol. The van der Waals surface area contributed by atoms with Crippen LogP contribution >= 0.6 is 0 Å². The molecule has 0 aromatic heterocycles. The van der Waals surface area contributed by atoms with E-state index in [1.165, 1.54) is 12.1 Å².